The van der Waals surface area contributed by atoms with Gasteiger partial charge >= 0.3 is 6.09 Å². The van der Waals surface area contributed by atoms with Gasteiger partial charge in [0.2, 0.25) is 0 Å². The smallest absolute Gasteiger partial charge is 0.408 e. The van der Waals surface area contributed by atoms with Gasteiger partial charge in [-0.2, -0.15) is 0 Å². The Bertz CT molecular complexity index is 790. The Morgan fingerprint density at radius 2 is 1.42 bits per heavy atom. The second-order valence-corrected chi connectivity index (χ2v) is 14.3. The van der Waals surface area contributed by atoms with Crippen molar-refractivity contribution in [1.82, 2.24) is 4.90 Å². The van der Waals surface area contributed by atoms with Crippen LogP contribution in [0.4, 0.5) is 4.79 Å². The monoisotopic (exact) mass is 442 g/mol. The molecular weight excluding hydrogens is 404 g/mol. The van der Waals surface area contributed by atoms with Gasteiger partial charge in [-0.15, -0.1) is 0 Å². The van der Waals surface area contributed by atoms with Crippen molar-refractivity contribution >= 4 is 24.8 Å². The predicted molar refractivity (Wildman–Crippen MR) is 131 cm³/mol. The molecule has 0 aliphatic rings. The number of nitrogens with zero attached hydrogens (tertiary/aromatic N) is 1. The summed E-state index contributed by atoms with van der Waals surface area (Å²) in [5, 5.41) is 12.2. The number of amides is 1. The molecule has 0 aliphatic heterocycles. The minimum absolute atomic E-state index is 0.168. The molecule has 0 aromatic heterocycles. The Hall–Kier alpha value is -2.15. The molecule has 1 atom stereocenters. The number of hydrogen-bond donors (Lipinski definition) is 2. The number of carbonyl (C=O) groups is 1. The summed E-state index contributed by atoms with van der Waals surface area (Å²) in [6.45, 7) is 13.1. The summed E-state index contributed by atoms with van der Waals surface area (Å²) in [7, 11) is -2.74. The average molecular weight is 443 g/mol. The zero-order chi connectivity index (χ0) is 23.3. The molecule has 0 saturated carbocycles. The van der Waals surface area contributed by atoms with Crippen LogP contribution in [-0.2, 0) is 4.43 Å². The van der Waals surface area contributed by atoms with Crippen molar-refractivity contribution in [2.24, 2.45) is 5.73 Å². The van der Waals surface area contributed by atoms with E-state index in [0.717, 1.165) is 0 Å². The number of rotatable bonds is 8. The summed E-state index contributed by atoms with van der Waals surface area (Å²) in [6, 6.07) is 20.4. The van der Waals surface area contributed by atoms with Crippen molar-refractivity contribution in [3.05, 3.63) is 60.7 Å². The first-order valence-corrected chi connectivity index (χ1v) is 12.8. The molecule has 0 aliphatic carbocycles. The highest BCUT2D eigenvalue weighted by molar-refractivity contribution is 6.99. The third kappa shape index (κ3) is 5.56. The second-order valence-electron chi connectivity index (χ2n) is 10.0. The molecule has 170 valence electrons. The predicted octanol–water partition coefficient (Wildman–Crippen LogP) is 4.06. The minimum Gasteiger partial charge on any atom is -0.465 e. The molecule has 0 spiro atoms. The molecule has 6 heteroatoms. The van der Waals surface area contributed by atoms with Gasteiger partial charge in [0.1, 0.15) is 0 Å². The van der Waals surface area contributed by atoms with Gasteiger partial charge in [-0.1, -0.05) is 81.4 Å². The number of carboxylic acid groups (broad SMARTS) is 1. The summed E-state index contributed by atoms with van der Waals surface area (Å²) in [4.78, 5) is 13.7. The first-order valence-electron chi connectivity index (χ1n) is 10.9. The van der Waals surface area contributed by atoms with E-state index in [0.29, 0.717) is 19.6 Å². The highest BCUT2D eigenvalue weighted by Crippen LogP contribution is 2.37. The van der Waals surface area contributed by atoms with Crippen LogP contribution in [0.1, 0.15) is 48.0 Å². The zero-order valence-electron chi connectivity index (χ0n) is 19.8. The van der Waals surface area contributed by atoms with E-state index in [2.05, 4.69) is 45.0 Å². The van der Waals surface area contributed by atoms with Crippen LogP contribution >= 0.6 is 0 Å². The van der Waals surface area contributed by atoms with Crippen LogP contribution in [0, 0.1) is 0 Å². The van der Waals surface area contributed by atoms with Gasteiger partial charge in [-0.3, -0.25) is 4.90 Å². The Labute approximate surface area is 188 Å². The lowest BCUT2D eigenvalue weighted by molar-refractivity contribution is 0.0471. The first-order chi connectivity index (χ1) is 14.4. The number of hydrogen-bond acceptors (Lipinski definition) is 3. The summed E-state index contributed by atoms with van der Waals surface area (Å²) >= 11 is 0. The topological polar surface area (TPSA) is 75.8 Å². The third-order valence-corrected chi connectivity index (χ3v) is 10.7. The Morgan fingerprint density at radius 1 is 0.968 bits per heavy atom. The first kappa shape index (κ1) is 25.1. The van der Waals surface area contributed by atoms with E-state index in [1.54, 1.807) is 0 Å². The maximum absolute atomic E-state index is 12.2. The normalized spacial score (nSPS) is 13.6. The Kier molecular flexibility index (Phi) is 8.08. The third-order valence-electron chi connectivity index (χ3n) is 5.70. The van der Waals surface area contributed by atoms with E-state index in [1.165, 1.54) is 15.3 Å². The van der Waals surface area contributed by atoms with Crippen LogP contribution in [0.25, 0.3) is 0 Å². The molecule has 0 heterocycles. The van der Waals surface area contributed by atoms with Gasteiger partial charge in [0, 0.05) is 5.54 Å². The van der Waals surface area contributed by atoms with E-state index < -0.39 is 19.9 Å². The highest BCUT2D eigenvalue weighted by Gasteiger charge is 2.50. The van der Waals surface area contributed by atoms with Crippen molar-refractivity contribution in [1.29, 1.82) is 0 Å². The summed E-state index contributed by atoms with van der Waals surface area (Å²) in [6.07, 6.45) is -0.404. The molecule has 2 rings (SSSR count). The summed E-state index contributed by atoms with van der Waals surface area (Å²) in [5.41, 5.74) is 5.34. The largest absolute Gasteiger partial charge is 0.465 e. The van der Waals surface area contributed by atoms with E-state index in [-0.39, 0.29) is 11.1 Å². The van der Waals surface area contributed by atoms with Gasteiger partial charge in [0.05, 0.1) is 12.6 Å². The molecule has 0 saturated heterocycles. The van der Waals surface area contributed by atoms with Crippen LogP contribution in [0.15, 0.2) is 60.7 Å². The van der Waals surface area contributed by atoms with Crippen molar-refractivity contribution < 1.29 is 14.3 Å². The highest BCUT2D eigenvalue weighted by atomic mass is 28.4. The molecule has 0 fully saturated rings. The zero-order valence-corrected chi connectivity index (χ0v) is 20.8. The SMILES string of the molecule is CC(C)(C)N(C(=O)O)[C@@H](CCN)CO[Si](c1ccccc1)(c1ccccc1)C(C)(C)C. The number of benzene rings is 2. The van der Waals surface area contributed by atoms with Crippen LogP contribution in [0.3, 0.4) is 0 Å². The van der Waals surface area contributed by atoms with Gasteiger partial charge in [0.15, 0.2) is 0 Å². The maximum atomic E-state index is 12.2. The van der Waals surface area contributed by atoms with Crippen molar-refractivity contribution in [2.75, 3.05) is 13.2 Å². The fourth-order valence-corrected chi connectivity index (χ4v) is 9.05. The molecule has 2 aromatic rings. The number of nitrogens with two attached hydrogens (primary N) is 1. The Balaban J connectivity index is 2.59. The molecule has 3 N–H and O–H groups in total. The molecule has 31 heavy (non-hydrogen) atoms. The van der Waals surface area contributed by atoms with Gasteiger partial charge < -0.3 is 15.3 Å². The molecule has 0 radical (unpaired) electrons. The van der Waals surface area contributed by atoms with Crippen LogP contribution in [-0.4, -0.2) is 49.1 Å². The van der Waals surface area contributed by atoms with Gasteiger partial charge in [0.25, 0.3) is 8.32 Å². The van der Waals surface area contributed by atoms with Crippen LogP contribution in [0.2, 0.25) is 5.04 Å². The maximum Gasteiger partial charge on any atom is 0.408 e. The van der Waals surface area contributed by atoms with Crippen LogP contribution < -0.4 is 16.1 Å². The molecule has 1 amide bonds. The van der Waals surface area contributed by atoms with Crippen LogP contribution in [0.5, 0.6) is 0 Å². The lowest BCUT2D eigenvalue weighted by atomic mass is 10.0. The van der Waals surface area contributed by atoms with Crippen molar-refractivity contribution in [2.45, 2.75) is 64.6 Å². The van der Waals surface area contributed by atoms with E-state index in [4.69, 9.17) is 10.2 Å². The van der Waals surface area contributed by atoms with Crippen molar-refractivity contribution in [3.8, 4) is 0 Å². The minimum atomic E-state index is -2.74. The molecule has 0 bridgehead atoms. The van der Waals surface area contributed by atoms with Crippen molar-refractivity contribution in [3.63, 3.8) is 0 Å². The fraction of sp³-hybridized carbons (Fsp3) is 0.480. The van der Waals surface area contributed by atoms with Gasteiger partial charge in [-0.25, -0.2) is 4.79 Å². The molecule has 5 nitrogen and oxygen atoms in total. The quantitative estimate of drug-likeness (QED) is 0.605. The molecular formula is C25H38N2O3Si. The molecule has 0 unspecified atom stereocenters. The molecule has 2 aromatic carbocycles. The van der Waals surface area contributed by atoms with E-state index in [9.17, 15) is 9.90 Å². The standard InChI is InChI=1S/C25H38N2O3Si/c1-24(2,3)27(23(28)29)20(17-18-26)19-30-31(25(4,5)6,21-13-9-7-10-14-21)22-15-11-8-12-16-22/h7-16,20H,17-19,26H2,1-6H3,(H,28,29)/t20-/m0/s1. The lowest BCUT2D eigenvalue weighted by Crippen LogP contribution is -2.67. The summed E-state index contributed by atoms with van der Waals surface area (Å²) in [5.74, 6) is 0. The average Bonchev–Trinajstić information content (AvgIpc) is 2.68. The second kappa shape index (κ2) is 9.98. The fourth-order valence-electron chi connectivity index (χ4n) is 4.45. The van der Waals surface area contributed by atoms with E-state index in [1.807, 2.05) is 57.2 Å². The lowest BCUT2D eigenvalue weighted by Gasteiger charge is -2.46. The van der Waals surface area contributed by atoms with E-state index >= 15 is 0 Å². The van der Waals surface area contributed by atoms with Gasteiger partial charge in [-0.05, 0) is 49.1 Å². The summed E-state index contributed by atoms with van der Waals surface area (Å²) < 4.78 is 6.99. The Morgan fingerprint density at radius 3 is 1.74 bits per heavy atom.